The second kappa shape index (κ2) is 12.6. The molecule has 6 heteroatoms. The van der Waals surface area contributed by atoms with Crippen molar-refractivity contribution in [2.75, 3.05) is 52.5 Å². The smallest absolute Gasteiger partial charge is 0.247 e. The maximum atomic E-state index is 12.7. The molecule has 0 aliphatic carbocycles. The predicted molar refractivity (Wildman–Crippen MR) is 151 cm³/mol. The SMILES string of the molecule is CC(=CC(=O)N1CCOCC1)c1ccccc1OCC(O)CN1CCC(c2ccc3ccccc3c2)CC1. The quantitative estimate of drug-likeness (QED) is 0.441. The molecule has 38 heavy (non-hydrogen) atoms. The number of allylic oxidation sites excluding steroid dienone is 1. The largest absolute Gasteiger partial charge is 0.490 e. The van der Waals surface area contributed by atoms with Crippen LogP contribution < -0.4 is 4.74 Å². The number of ether oxygens (including phenoxy) is 2. The number of hydrogen-bond acceptors (Lipinski definition) is 5. The number of amides is 1. The van der Waals surface area contributed by atoms with Gasteiger partial charge in [0.15, 0.2) is 0 Å². The minimum Gasteiger partial charge on any atom is -0.490 e. The van der Waals surface area contributed by atoms with Crippen LogP contribution in [-0.4, -0.2) is 79.5 Å². The molecule has 0 saturated carbocycles. The minimum absolute atomic E-state index is 0.00673. The van der Waals surface area contributed by atoms with Gasteiger partial charge < -0.3 is 24.4 Å². The maximum absolute atomic E-state index is 12.7. The molecule has 2 fully saturated rings. The Balaban J connectivity index is 1.12. The zero-order valence-corrected chi connectivity index (χ0v) is 22.2. The van der Waals surface area contributed by atoms with Crippen LogP contribution in [0.3, 0.4) is 0 Å². The zero-order valence-electron chi connectivity index (χ0n) is 22.2. The number of carbonyl (C=O) groups is 1. The number of fused-ring (bicyclic) bond motifs is 1. The van der Waals surface area contributed by atoms with Crippen molar-refractivity contribution >= 4 is 22.3 Å². The summed E-state index contributed by atoms with van der Waals surface area (Å²) < 4.78 is 11.4. The van der Waals surface area contributed by atoms with Gasteiger partial charge in [0.25, 0.3) is 0 Å². The molecule has 200 valence electrons. The minimum atomic E-state index is -0.584. The van der Waals surface area contributed by atoms with Crippen molar-refractivity contribution in [1.82, 2.24) is 9.80 Å². The van der Waals surface area contributed by atoms with E-state index in [1.165, 1.54) is 16.3 Å². The average Bonchev–Trinajstić information content (AvgIpc) is 2.97. The third-order valence-corrected chi connectivity index (χ3v) is 7.71. The summed E-state index contributed by atoms with van der Waals surface area (Å²) in [7, 11) is 0. The Morgan fingerprint density at radius 3 is 2.50 bits per heavy atom. The number of likely N-dealkylation sites (tertiary alicyclic amines) is 1. The highest BCUT2D eigenvalue weighted by Crippen LogP contribution is 2.30. The van der Waals surface area contributed by atoms with Gasteiger partial charge in [0, 0.05) is 31.3 Å². The Hall–Kier alpha value is -3.19. The molecule has 1 N–H and O–H groups in total. The summed E-state index contributed by atoms with van der Waals surface area (Å²) in [5.74, 6) is 1.24. The number of nitrogens with zero attached hydrogens (tertiary/aromatic N) is 2. The number of carbonyl (C=O) groups excluding carboxylic acids is 1. The molecule has 2 saturated heterocycles. The van der Waals surface area contributed by atoms with Crippen LogP contribution in [-0.2, 0) is 9.53 Å². The van der Waals surface area contributed by atoms with Crippen LogP contribution >= 0.6 is 0 Å². The van der Waals surface area contributed by atoms with Gasteiger partial charge >= 0.3 is 0 Å². The molecule has 0 bridgehead atoms. The van der Waals surface area contributed by atoms with E-state index in [1.54, 1.807) is 6.08 Å². The normalized spacial score (nSPS) is 18.5. The van der Waals surface area contributed by atoms with E-state index in [0.29, 0.717) is 44.5 Å². The van der Waals surface area contributed by atoms with E-state index in [1.807, 2.05) is 36.1 Å². The third kappa shape index (κ3) is 6.62. The Bertz CT molecular complexity index is 1260. The molecule has 5 rings (SSSR count). The van der Waals surface area contributed by atoms with E-state index in [9.17, 15) is 9.90 Å². The number of aliphatic hydroxyl groups excluding tert-OH is 1. The van der Waals surface area contributed by atoms with Crippen LogP contribution in [0.5, 0.6) is 5.75 Å². The molecule has 1 amide bonds. The summed E-state index contributed by atoms with van der Waals surface area (Å²) in [6.45, 7) is 7.07. The average molecular weight is 515 g/mol. The molecule has 2 aliphatic heterocycles. The van der Waals surface area contributed by atoms with Crippen LogP contribution in [0.1, 0.15) is 36.8 Å². The summed E-state index contributed by atoms with van der Waals surface area (Å²) >= 11 is 0. The number of para-hydroxylation sites is 1. The van der Waals surface area contributed by atoms with Gasteiger partial charge in [-0.2, -0.15) is 0 Å². The maximum Gasteiger partial charge on any atom is 0.247 e. The number of benzene rings is 3. The highest BCUT2D eigenvalue weighted by atomic mass is 16.5. The molecular weight excluding hydrogens is 476 g/mol. The van der Waals surface area contributed by atoms with E-state index in [4.69, 9.17) is 9.47 Å². The molecule has 6 nitrogen and oxygen atoms in total. The molecule has 2 aliphatic rings. The summed E-state index contributed by atoms with van der Waals surface area (Å²) in [6, 6.07) is 23.1. The first kappa shape index (κ1) is 26.4. The number of rotatable bonds is 8. The first-order chi connectivity index (χ1) is 18.6. The van der Waals surface area contributed by atoms with Gasteiger partial charge in [-0.3, -0.25) is 4.79 Å². The Morgan fingerprint density at radius 1 is 1.00 bits per heavy atom. The monoisotopic (exact) mass is 514 g/mol. The van der Waals surface area contributed by atoms with Gasteiger partial charge in [0.05, 0.1) is 13.2 Å². The second-order valence-corrected chi connectivity index (χ2v) is 10.4. The van der Waals surface area contributed by atoms with Gasteiger partial charge in [0.1, 0.15) is 18.5 Å². The lowest BCUT2D eigenvalue weighted by molar-refractivity contribution is -0.129. The van der Waals surface area contributed by atoms with Crippen molar-refractivity contribution in [3.05, 3.63) is 83.9 Å². The van der Waals surface area contributed by atoms with E-state index in [2.05, 4.69) is 47.4 Å². The van der Waals surface area contributed by atoms with E-state index >= 15 is 0 Å². The van der Waals surface area contributed by atoms with Crippen molar-refractivity contribution in [2.45, 2.75) is 31.8 Å². The summed E-state index contributed by atoms with van der Waals surface area (Å²) in [6.07, 6.45) is 3.27. The van der Waals surface area contributed by atoms with E-state index in [-0.39, 0.29) is 12.5 Å². The number of morpholine rings is 1. The Morgan fingerprint density at radius 2 is 1.71 bits per heavy atom. The van der Waals surface area contributed by atoms with Gasteiger partial charge in [-0.15, -0.1) is 0 Å². The van der Waals surface area contributed by atoms with Crippen molar-refractivity contribution in [3.8, 4) is 5.75 Å². The van der Waals surface area contributed by atoms with Gasteiger partial charge in [-0.25, -0.2) is 0 Å². The van der Waals surface area contributed by atoms with E-state index in [0.717, 1.165) is 37.1 Å². The zero-order chi connectivity index (χ0) is 26.3. The second-order valence-electron chi connectivity index (χ2n) is 10.4. The number of hydrogen-bond donors (Lipinski definition) is 1. The standard InChI is InChI=1S/C32H38N2O4/c1-24(20-32(36)34-16-18-37-19-17-34)30-8-4-5-9-31(30)38-23-29(35)22-33-14-12-26(13-15-33)28-11-10-25-6-2-3-7-27(25)21-28/h2-11,20-21,26,29,35H,12-19,22-23H2,1H3. The highest BCUT2D eigenvalue weighted by Gasteiger charge is 2.23. The molecule has 3 aromatic rings. The lowest BCUT2D eigenvalue weighted by Crippen LogP contribution is -2.40. The number of β-amino-alcohol motifs (C(OH)–C–C–N with tert-alkyl or cyclic N) is 1. The van der Waals surface area contributed by atoms with Gasteiger partial charge in [0.2, 0.25) is 5.91 Å². The van der Waals surface area contributed by atoms with Crippen LogP contribution in [0.2, 0.25) is 0 Å². The molecule has 0 radical (unpaired) electrons. The van der Waals surface area contributed by atoms with Crippen LogP contribution in [0.4, 0.5) is 0 Å². The Kier molecular flexibility index (Phi) is 8.74. The Labute approximate surface area is 225 Å². The van der Waals surface area contributed by atoms with Crippen LogP contribution in [0.25, 0.3) is 16.3 Å². The molecule has 1 unspecified atom stereocenters. The lowest BCUT2D eigenvalue weighted by atomic mass is 9.88. The fraction of sp³-hybridized carbons (Fsp3) is 0.406. The van der Waals surface area contributed by atoms with Crippen molar-refractivity contribution in [3.63, 3.8) is 0 Å². The van der Waals surface area contributed by atoms with E-state index < -0.39 is 6.10 Å². The summed E-state index contributed by atoms with van der Waals surface area (Å²) in [4.78, 5) is 16.8. The molecule has 3 aromatic carbocycles. The summed E-state index contributed by atoms with van der Waals surface area (Å²) in [5, 5.41) is 13.3. The first-order valence-corrected chi connectivity index (χ1v) is 13.7. The summed E-state index contributed by atoms with van der Waals surface area (Å²) in [5.41, 5.74) is 3.14. The number of aliphatic hydroxyl groups is 1. The predicted octanol–water partition coefficient (Wildman–Crippen LogP) is 4.72. The van der Waals surface area contributed by atoms with Gasteiger partial charge in [-0.1, -0.05) is 60.7 Å². The number of piperidine rings is 1. The first-order valence-electron chi connectivity index (χ1n) is 13.7. The lowest BCUT2D eigenvalue weighted by Gasteiger charge is -2.33. The topological polar surface area (TPSA) is 62.2 Å². The van der Waals surface area contributed by atoms with Crippen LogP contribution in [0.15, 0.2) is 72.8 Å². The molecule has 0 spiro atoms. The highest BCUT2D eigenvalue weighted by molar-refractivity contribution is 5.95. The van der Waals surface area contributed by atoms with Crippen LogP contribution in [0, 0.1) is 0 Å². The molecule has 1 atom stereocenters. The van der Waals surface area contributed by atoms with Crippen molar-refractivity contribution in [2.24, 2.45) is 0 Å². The van der Waals surface area contributed by atoms with Crippen molar-refractivity contribution < 1.29 is 19.4 Å². The fourth-order valence-corrected chi connectivity index (χ4v) is 5.50. The molecular formula is C32H38N2O4. The van der Waals surface area contributed by atoms with Gasteiger partial charge in [-0.05, 0) is 66.7 Å². The third-order valence-electron chi connectivity index (χ3n) is 7.71. The molecule has 2 heterocycles. The molecule has 0 aromatic heterocycles. The fourth-order valence-electron chi connectivity index (χ4n) is 5.50. The van der Waals surface area contributed by atoms with Crippen molar-refractivity contribution in [1.29, 1.82) is 0 Å².